The molecule has 210 valence electrons. The quantitative estimate of drug-likeness (QED) is 0.245. The number of rotatable bonds is 7. The molecule has 11 heteroatoms. The number of hydrogen-bond acceptors (Lipinski definition) is 10. The molecule has 0 radical (unpaired) electrons. The number of nitrogens with zero attached hydrogens (tertiary/aromatic N) is 3. The SMILES string of the molecule is C=CCN(C)Cc1cc(N(C)C)c2c(c1O)C(O)=C1C(=O)[C@@]3(O)C(O)=C(C(N)=O)C(=O)[C@H](N(C)C)[C@H]3C[C@H]1C2. The summed E-state index contributed by atoms with van der Waals surface area (Å²) < 4.78 is 0. The number of benzene rings is 1. The van der Waals surface area contributed by atoms with Crippen LogP contribution >= 0.6 is 0 Å². The van der Waals surface area contributed by atoms with Gasteiger partial charge in [-0.25, -0.2) is 0 Å². The van der Waals surface area contributed by atoms with Crippen LogP contribution in [0.3, 0.4) is 0 Å². The van der Waals surface area contributed by atoms with E-state index in [1.54, 1.807) is 20.2 Å². The van der Waals surface area contributed by atoms with Crippen LogP contribution < -0.4 is 10.6 Å². The summed E-state index contributed by atoms with van der Waals surface area (Å²) in [5.74, 6) is -6.60. The minimum atomic E-state index is -2.66. The molecule has 3 aliphatic carbocycles. The molecule has 0 aromatic heterocycles. The Kier molecular flexibility index (Phi) is 7.13. The molecule has 11 nitrogen and oxygen atoms in total. The van der Waals surface area contributed by atoms with Crippen molar-refractivity contribution in [1.82, 2.24) is 9.80 Å². The normalized spacial score (nSPS) is 26.5. The third-order valence-corrected chi connectivity index (χ3v) is 8.14. The lowest BCUT2D eigenvalue weighted by atomic mass is 9.57. The summed E-state index contributed by atoms with van der Waals surface area (Å²) in [6, 6.07) is 0.722. The molecular formula is C28H36N4O7. The molecule has 0 saturated heterocycles. The molecule has 0 aliphatic heterocycles. The molecule has 1 aromatic rings. The van der Waals surface area contributed by atoms with E-state index in [0.29, 0.717) is 24.2 Å². The Morgan fingerprint density at radius 1 is 1.18 bits per heavy atom. The van der Waals surface area contributed by atoms with Gasteiger partial charge in [0.25, 0.3) is 5.91 Å². The van der Waals surface area contributed by atoms with E-state index in [1.165, 1.54) is 4.90 Å². The molecule has 1 aromatic carbocycles. The molecule has 0 spiro atoms. The second kappa shape index (κ2) is 9.82. The van der Waals surface area contributed by atoms with Gasteiger partial charge in [-0.05, 0) is 51.5 Å². The van der Waals surface area contributed by atoms with Gasteiger partial charge >= 0.3 is 0 Å². The van der Waals surface area contributed by atoms with Gasteiger partial charge in [-0.2, -0.15) is 0 Å². The van der Waals surface area contributed by atoms with Crippen LogP contribution in [0, 0.1) is 11.8 Å². The fourth-order valence-corrected chi connectivity index (χ4v) is 6.44. The highest BCUT2D eigenvalue weighted by molar-refractivity contribution is 6.24. The molecule has 1 saturated carbocycles. The van der Waals surface area contributed by atoms with E-state index >= 15 is 0 Å². The summed E-state index contributed by atoms with van der Waals surface area (Å²) in [6.07, 6.45) is 2.00. The lowest BCUT2D eigenvalue weighted by molar-refractivity contribution is -0.153. The monoisotopic (exact) mass is 540 g/mol. The topological polar surface area (TPSA) is 168 Å². The zero-order valence-corrected chi connectivity index (χ0v) is 22.9. The molecule has 6 N–H and O–H groups in total. The zero-order chi connectivity index (χ0) is 29.1. The highest BCUT2D eigenvalue weighted by atomic mass is 16.3. The van der Waals surface area contributed by atoms with Crippen LogP contribution in [0.15, 0.2) is 35.6 Å². The minimum Gasteiger partial charge on any atom is -0.508 e. The lowest BCUT2D eigenvalue weighted by Crippen LogP contribution is -2.65. The first-order chi connectivity index (χ1) is 18.2. The number of phenolic OH excluding ortho intramolecular Hbond substituents is 1. The number of aliphatic hydroxyl groups excluding tert-OH is 2. The van der Waals surface area contributed by atoms with E-state index < -0.39 is 58.0 Å². The van der Waals surface area contributed by atoms with Gasteiger partial charge in [-0.15, -0.1) is 6.58 Å². The standard InChI is InChI=1S/C28H36N4O7/c1-7-8-32(6)12-14-11-17(30(2)3)15-9-13-10-16-21(31(4)5)24(35)20(27(29)38)26(37)28(16,39)25(36)18(13)23(34)19(15)22(14)33/h7,11,13,16,21,33-34,37,39H,1,8-10,12H2,2-6H3,(H2,29,38)/t13-,16-,21-,28-/m1/s1. The van der Waals surface area contributed by atoms with Gasteiger partial charge in [0, 0.05) is 49.9 Å². The molecule has 0 bridgehead atoms. The number of phenols is 1. The molecular weight excluding hydrogens is 504 g/mol. The summed E-state index contributed by atoms with van der Waals surface area (Å²) in [5.41, 5.74) is 3.68. The second-order valence-corrected chi connectivity index (χ2v) is 11.1. The van der Waals surface area contributed by atoms with Crippen LogP contribution in [0.25, 0.3) is 5.76 Å². The number of carbonyl (C=O) groups is 3. The van der Waals surface area contributed by atoms with Crippen molar-refractivity contribution in [3.63, 3.8) is 0 Å². The van der Waals surface area contributed by atoms with Crippen LogP contribution in [0.5, 0.6) is 5.75 Å². The summed E-state index contributed by atoms with van der Waals surface area (Å²) in [5, 5.41) is 45.6. The van der Waals surface area contributed by atoms with Crippen LogP contribution in [0.1, 0.15) is 23.1 Å². The van der Waals surface area contributed by atoms with Crippen molar-refractivity contribution in [2.24, 2.45) is 17.6 Å². The number of primary amides is 1. The van der Waals surface area contributed by atoms with Crippen molar-refractivity contribution in [2.45, 2.75) is 31.0 Å². The van der Waals surface area contributed by atoms with Crippen molar-refractivity contribution in [3.05, 3.63) is 52.3 Å². The molecule has 1 amide bonds. The Morgan fingerprint density at radius 3 is 2.36 bits per heavy atom. The number of fused-ring (bicyclic) bond motifs is 3. The number of Topliss-reactive ketones (excluding diaryl/α,β-unsaturated/α-hetero) is 2. The predicted molar refractivity (Wildman–Crippen MR) is 145 cm³/mol. The third-order valence-electron chi connectivity index (χ3n) is 8.14. The number of aromatic hydroxyl groups is 1. The van der Waals surface area contributed by atoms with Gasteiger partial charge in [0.1, 0.15) is 22.8 Å². The Labute approximate surface area is 227 Å². The van der Waals surface area contributed by atoms with Crippen LogP contribution in [0.4, 0.5) is 5.69 Å². The summed E-state index contributed by atoms with van der Waals surface area (Å²) >= 11 is 0. The number of nitrogens with two attached hydrogens (primary N) is 1. The number of amides is 1. The van der Waals surface area contributed by atoms with E-state index in [4.69, 9.17) is 5.73 Å². The van der Waals surface area contributed by atoms with Gasteiger partial charge in [-0.3, -0.25) is 24.2 Å². The molecule has 4 rings (SSSR count). The molecule has 4 atom stereocenters. The molecule has 3 aliphatic rings. The van der Waals surface area contributed by atoms with Crippen molar-refractivity contribution < 1.29 is 34.8 Å². The maximum absolute atomic E-state index is 14.0. The highest BCUT2D eigenvalue weighted by Crippen LogP contribution is 2.54. The lowest BCUT2D eigenvalue weighted by Gasteiger charge is -2.50. The van der Waals surface area contributed by atoms with Crippen molar-refractivity contribution in [2.75, 3.05) is 46.7 Å². The average Bonchev–Trinajstić information content (AvgIpc) is 2.82. The van der Waals surface area contributed by atoms with Crippen LogP contribution in [-0.2, 0) is 27.3 Å². The molecule has 0 heterocycles. The van der Waals surface area contributed by atoms with E-state index in [9.17, 15) is 34.8 Å². The second-order valence-electron chi connectivity index (χ2n) is 11.1. The Hall–Kier alpha value is -3.67. The summed E-state index contributed by atoms with van der Waals surface area (Å²) in [7, 11) is 8.66. The zero-order valence-electron chi connectivity index (χ0n) is 22.9. The van der Waals surface area contributed by atoms with Gasteiger partial charge in [0.05, 0.1) is 11.6 Å². The highest BCUT2D eigenvalue weighted by Gasteiger charge is 2.64. The predicted octanol–water partition coefficient (Wildman–Crippen LogP) is 0.648. The van der Waals surface area contributed by atoms with E-state index in [1.807, 2.05) is 37.0 Å². The van der Waals surface area contributed by atoms with Crippen molar-refractivity contribution >= 4 is 28.9 Å². The first-order valence-corrected chi connectivity index (χ1v) is 12.7. The molecule has 0 unspecified atom stereocenters. The van der Waals surface area contributed by atoms with E-state index in [2.05, 4.69) is 6.58 Å². The van der Waals surface area contributed by atoms with Crippen molar-refractivity contribution in [3.8, 4) is 5.75 Å². The third kappa shape index (κ3) is 4.12. The van der Waals surface area contributed by atoms with Crippen molar-refractivity contribution in [1.29, 1.82) is 0 Å². The largest absolute Gasteiger partial charge is 0.508 e. The number of hydrogen-bond donors (Lipinski definition) is 5. The van der Waals surface area contributed by atoms with Gasteiger partial charge in [0.15, 0.2) is 11.4 Å². The van der Waals surface area contributed by atoms with E-state index in [0.717, 1.165) is 5.69 Å². The smallest absolute Gasteiger partial charge is 0.255 e. The van der Waals surface area contributed by atoms with Gasteiger partial charge < -0.3 is 31.1 Å². The molecule has 39 heavy (non-hydrogen) atoms. The number of anilines is 1. The fraction of sp³-hybridized carbons (Fsp3) is 0.464. The van der Waals surface area contributed by atoms with E-state index in [-0.39, 0.29) is 29.7 Å². The number of aliphatic hydroxyl groups is 3. The summed E-state index contributed by atoms with van der Waals surface area (Å²) in [6.45, 7) is 4.61. The first kappa shape index (κ1) is 28.3. The summed E-state index contributed by atoms with van der Waals surface area (Å²) in [4.78, 5) is 44.6. The minimum absolute atomic E-state index is 0.0449. The average molecular weight is 541 g/mol. The number of carbonyl (C=O) groups excluding carboxylic acids is 3. The Balaban J connectivity index is 1.96. The molecule has 1 fully saturated rings. The van der Waals surface area contributed by atoms with Crippen LogP contribution in [0.2, 0.25) is 0 Å². The van der Waals surface area contributed by atoms with Gasteiger partial charge in [0.2, 0.25) is 5.78 Å². The maximum atomic E-state index is 14.0. The fourth-order valence-electron chi connectivity index (χ4n) is 6.44. The number of likely N-dealkylation sites (N-methyl/N-ethyl adjacent to an activating group) is 2. The first-order valence-electron chi connectivity index (χ1n) is 12.7. The Bertz CT molecular complexity index is 1350. The number of ketones is 2. The maximum Gasteiger partial charge on any atom is 0.255 e. The van der Waals surface area contributed by atoms with Crippen LogP contribution in [-0.4, -0.2) is 101 Å². The van der Waals surface area contributed by atoms with Gasteiger partial charge in [-0.1, -0.05) is 6.08 Å². The Morgan fingerprint density at radius 2 is 1.82 bits per heavy atom.